The second-order valence-electron chi connectivity index (χ2n) is 6.38. The topological polar surface area (TPSA) is 38.5 Å². The van der Waals surface area contributed by atoms with E-state index in [2.05, 4.69) is 11.8 Å². The number of nitrogens with two attached hydrogens (primary N) is 1. The lowest BCUT2D eigenvalue weighted by atomic mass is 9.84. The van der Waals surface area contributed by atoms with Gasteiger partial charge >= 0.3 is 0 Å². The maximum Gasteiger partial charge on any atom is 0.0777 e. The van der Waals surface area contributed by atoms with Crippen molar-refractivity contribution < 1.29 is 4.74 Å². The first-order valence-corrected chi connectivity index (χ1v) is 7.09. The summed E-state index contributed by atoms with van der Waals surface area (Å²) < 4.78 is 5.67. The summed E-state index contributed by atoms with van der Waals surface area (Å²) >= 11 is 0. The summed E-state index contributed by atoms with van der Waals surface area (Å²) in [6, 6.07) is 0. The number of hydrogen-bond acceptors (Lipinski definition) is 3. The fourth-order valence-corrected chi connectivity index (χ4v) is 3.64. The minimum atomic E-state index is 0.0621. The highest BCUT2D eigenvalue weighted by molar-refractivity contribution is 4.92. The molecule has 0 aromatic rings. The third-order valence-corrected chi connectivity index (χ3v) is 4.89. The van der Waals surface area contributed by atoms with E-state index in [9.17, 15) is 0 Å². The molecule has 1 unspecified atom stereocenters. The number of rotatable bonds is 4. The van der Waals surface area contributed by atoms with Crippen LogP contribution in [-0.2, 0) is 4.74 Å². The number of nitrogens with zero attached hydrogens (tertiary/aromatic N) is 1. The lowest BCUT2D eigenvalue weighted by Crippen LogP contribution is -2.51. The van der Waals surface area contributed by atoms with Crippen LogP contribution in [0.1, 0.15) is 45.4 Å². The zero-order valence-corrected chi connectivity index (χ0v) is 11.5. The molecule has 0 spiro atoms. The average molecular weight is 240 g/mol. The molecule has 3 heteroatoms. The summed E-state index contributed by atoms with van der Waals surface area (Å²) in [6.45, 7) is 6.57. The third kappa shape index (κ3) is 3.01. The van der Waals surface area contributed by atoms with Crippen LogP contribution in [0, 0.1) is 5.41 Å². The van der Waals surface area contributed by atoms with Gasteiger partial charge in [-0.15, -0.1) is 0 Å². The van der Waals surface area contributed by atoms with Crippen molar-refractivity contribution in [3.05, 3.63) is 0 Å². The molecule has 0 amide bonds. The van der Waals surface area contributed by atoms with Gasteiger partial charge in [0.15, 0.2) is 0 Å². The van der Waals surface area contributed by atoms with Gasteiger partial charge in [0.25, 0.3) is 0 Å². The molecule has 1 aliphatic carbocycles. The highest BCUT2D eigenvalue weighted by Gasteiger charge is 2.38. The summed E-state index contributed by atoms with van der Waals surface area (Å²) in [5.41, 5.74) is 6.50. The van der Waals surface area contributed by atoms with Gasteiger partial charge in [0.2, 0.25) is 0 Å². The molecule has 2 fully saturated rings. The summed E-state index contributed by atoms with van der Waals surface area (Å²) in [4.78, 5) is 2.59. The van der Waals surface area contributed by atoms with Crippen LogP contribution >= 0.6 is 0 Å². The van der Waals surface area contributed by atoms with E-state index in [4.69, 9.17) is 10.5 Å². The Morgan fingerprint density at radius 3 is 2.47 bits per heavy atom. The molecule has 1 saturated heterocycles. The van der Waals surface area contributed by atoms with Crippen molar-refractivity contribution in [3.8, 4) is 0 Å². The van der Waals surface area contributed by atoms with E-state index < -0.39 is 0 Å². The van der Waals surface area contributed by atoms with Crippen molar-refractivity contribution in [1.82, 2.24) is 4.90 Å². The summed E-state index contributed by atoms with van der Waals surface area (Å²) in [5.74, 6) is 0. The average Bonchev–Trinajstić information content (AvgIpc) is 2.78. The molecule has 0 bridgehead atoms. The first-order valence-electron chi connectivity index (χ1n) is 7.09. The van der Waals surface area contributed by atoms with Gasteiger partial charge in [0.1, 0.15) is 0 Å². The molecule has 0 aromatic heterocycles. The van der Waals surface area contributed by atoms with Crippen LogP contribution in [0.15, 0.2) is 0 Å². The molecule has 1 saturated carbocycles. The molecule has 0 radical (unpaired) electrons. The van der Waals surface area contributed by atoms with Crippen LogP contribution in [0.25, 0.3) is 0 Å². The van der Waals surface area contributed by atoms with Crippen LogP contribution in [-0.4, -0.2) is 43.8 Å². The van der Waals surface area contributed by atoms with Crippen LogP contribution in [0.5, 0.6) is 0 Å². The first kappa shape index (κ1) is 13.3. The van der Waals surface area contributed by atoms with E-state index in [1.54, 1.807) is 0 Å². The Morgan fingerprint density at radius 1 is 1.18 bits per heavy atom. The highest BCUT2D eigenvalue weighted by Crippen LogP contribution is 2.39. The van der Waals surface area contributed by atoms with Crippen LogP contribution in [0.2, 0.25) is 0 Å². The molecule has 0 aromatic carbocycles. The van der Waals surface area contributed by atoms with Gasteiger partial charge in [0.05, 0.1) is 5.60 Å². The molecule has 1 atom stereocenters. The fourth-order valence-electron chi connectivity index (χ4n) is 3.64. The van der Waals surface area contributed by atoms with Gasteiger partial charge in [0, 0.05) is 20.2 Å². The van der Waals surface area contributed by atoms with Crippen molar-refractivity contribution >= 4 is 0 Å². The van der Waals surface area contributed by atoms with Crippen molar-refractivity contribution in [2.24, 2.45) is 11.1 Å². The molecule has 17 heavy (non-hydrogen) atoms. The van der Waals surface area contributed by atoms with Crippen molar-refractivity contribution in [2.75, 3.05) is 33.3 Å². The monoisotopic (exact) mass is 240 g/mol. The number of ether oxygens (including phenoxy) is 1. The van der Waals surface area contributed by atoms with E-state index in [0.29, 0.717) is 5.41 Å². The highest BCUT2D eigenvalue weighted by atomic mass is 16.5. The second-order valence-corrected chi connectivity index (χ2v) is 6.38. The van der Waals surface area contributed by atoms with E-state index in [-0.39, 0.29) is 5.60 Å². The quantitative estimate of drug-likeness (QED) is 0.817. The number of hydrogen-bond donors (Lipinski definition) is 1. The van der Waals surface area contributed by atoms with Crippen molar-refractivity contribution in [1.29, 1.82) is 0 Å². The molecular weight excluding hydrogens is 212 g/mol. The predicted octanol–water partition coefficient (Wildman–Crippen LogP) is 2.01. The van der Waals surface area contributed by atoms with Crippen LogP contribution < -0.4 is 5.73 Å². The van der Waals surface area contributed by atoms with Gasteiger partial charge in [-0.2, -0.15) is 0 Å². The number of likely N-dealkylation sites (tertiary alicyclic amines) is 1. The van der Waals surface area contributed by atoms with Gasteiger partial charge in [-0.25, -0.2) is 0 Å². The first-order chi connectivity index (χ1) is 8.11. The normalized spacial score (nSPS) is 34.1. The maximum absolute atomic E-state index is 6.03. The third-order valence-electron chi connectivity index (χ3n) is 4.89. The van der Waals surface area contributed by atoms with Gasteiger partial charge in [-0.3, -0.25) is 4.90 Å². The van der Waals surface area contributed by atoms with Crippen LogP contribution in [0.3, 0.4) is 0 Å². The number of piperidine rings is 1. The minimum absolute atomic E-state index is 0.0621. The summed E-state index contributed by atoms with van der Waals surface area (Å²) in [6.07, 6.45) is 7.83. The zero-order chi connectivity index (χ0) is 12.4. The van der Waals surface area contributed by atoms with Crippen LogP contribution in [0.4, 0.5) is 0 Å². The van der Waals surface area contributed by atoms with Crippen molar-refractivity contribution in [2.45, 2.75) is 51.0 Å². The molecule has 100 valence electrons. The van der Waals surface area contributed by atoms with Gasteiger partial charge < -0.3 is 10.5 Å². The Balaban J connectivity index is 1.94. The smallest absolute Gasteiger partial charge is 0.0777 e. The van der Waals surface area contributed by atoms with E-state index in [0.717, 1.165) is 13.1 Å². The molecule has 2 N–H and O–H groups in total. The Kier molecular flexibility index (Phi) is 4.11. The minimum Gasteiger partial charge on any atom is -0.377 e. The van der Waals surface area contributed by atoms with Crippen molar-refractivity contribution in [3.63, 3.8) is 0 Å². The number of methoxy groups -OCH3 is 1. The Labute approximate surface area is 106 Å². The Morgan fingerprint density at radius 2 is 1.88 bits per heavy atom. The zero-order valence-electron chi connectivity index (χ0n) is 11.5. The molecule has 1 heterocycles. The standard InChI is InChI=1S/C14H28N2O/c1-13(17-2)6-5-9-16(11-13)12-14(10-15)7-3-4-8-14/h3-12,15H2,1-2H3. The predicted molar refractivity (Wildman–Crippen MR) is 71.0 cm³/mol. The lowest BCUT2D eigenvalue weighted by Gasteiger charge is -2.43. The van der Waals surface area contributed by atoms with E-state index in [1.165, 1.54) is 51.6 Å². The van der Waals surface area contributed by atoms with E-state index >= 15 is 0 Å². The van der Waals surface area contributed by atoms with Gasteiger partial charge in [-0.1, -0.05) is 12.8 Å². The molecule has 1 aliphatic heterocycles. The summed E-state index contributed by atoms with van der Waals surface area (Å²) in [5, 5.41) is 0. The van der Waals surface area contributed by atoms with E-state index in [1.807, 2.05) is 7.11 Å². The maximum atomic E-state index is 6.03. The summed E-state index contributed by atoms with van der Waals surface area (Å²) in [7, 11) is 1.85. The Bertz CT molecular complexity index is 251. The molecular formula is C14H28N2O. The molecule has 2 aliphatic rings. The van der Waals surface area contributed by atoms with Gasteiger partial charge in [-0.05, 0) is 51.1 Å². The fraction of sp³-hybridized carbons (Fsp3) is 1.00. The second kappa shape index (κ2) is 5.25. The largest absolute Gasteiger partial charge is 0.377 e. The Hall–Kier alpha value is -0.120. The molecule has 3 nitrogen and oxygen atoms in total. The lowest BCUT2D eigenvalue weighted by molar-refractivity contribution is -0.0586. The molecule has 2 rings (SSSR count). The SMILES string of the molecule is COC1(C)CCCN(CC2(CN)CCCC2)C1.